The third-order valence-corrected chi connectivity index (χ3v) is 2.00. The molecule has 0 fully saturated rings. The largest absolute Gasteiger partial charge is 0.465 e. The van der Waals surface area contributed by atoms with Crippen molar-refractivity contribution in [1.82, 2.24) is 9.97 Å². The molecule has 94 valence electrons. The van der Waals surface area contributed by atoms with Crippen LogP contribution in [-0.2, 0) is 9.53 Å². The van der Waals surface area contributed by atoms with E-state index in [4.69, 9.17) is 10.5 Å². The van der Waals surface area contributed by atoms with Crippen LogP contribution in [0, 0.1) is 0 Å². The lowest BCUT2D eigenvalue weighted by Crippen LogP contribution is -2.18. The van der Waals surface area contributed by atoms with Gasteiger partial charge in [-0.1, -0.05) is 13.8 Å². The lowest BCUT2D eigenvalue weighted by molar-refractivity contribution is -0.140. The standard InChI is InChI=1S/C11H18N4O2/c1-4-17-10(16)6-13-9-5-8(12)14-11(15-9)7(2)3/h5,7H,4,6H2,1-3H3,(H3,12,13,14,15). The first kappa shape index (κ1) is 13.2. The summed E-state index contributed by atoms with van der Waals surface area (Å²) in [5.41, 5.74) is 5.65. The molecule has 0 aromatic carbocycles. The Morgan fingerprint density at radius 3 is 2.82 bits per heavy atom. The Morgan fingerprint density at radius 2 is 2.24 bits per heavy atom. The van der Waals surface area contributed by atoms with E-state index in [0.717, 1.165) is 0 Å². The quantitative estimate of drug-likeness (QED) is 0.748. The fourth-order valence-electron chi connectivity index (χ4n) is 1.21. The van der Waals surface area contributed by atoms with Crippen LogP contribution in [0.4, 0.5) is 11.6 Å². The van der Waals surface area contributed by atoms with Gasteiger partial charge in [0.2, 0.25) is 0 Å². The van der Waals surface area contributed by atoms with Crippen LogP contribution in [0.2, 0.25) is 0 Å². The van der Waals surface area contributed by atoms with E-state index in [0.29, 0.717) is 24.1 Å². The molecule has 0 saturated heterocycles. The number of aromatic nitrogens is 2. The van der Waals surface area contributed by atoms with Crippen molar-refractivity contribution in [1.29, 1.82) is 0 Å². The first-order valence-corrected chi connectivity index (χ1v) is 5.56. The van der Waals surface area contributed by atoms with E-state index in [9.17, 15) is 4.79 Å². The summed E-state index contributed by atoms with van der Waals surface area (Å²) in [5.74, 6) is 1.43. The van der Waals surface area contributed by atoms with Gasteiger partial charge in [-0.05, 0) is 6.92 Å². The molecular formula is C11H18N4O2. The molecule has 0 saturated carbocycles. The lowest BCUT2D eigenvalue weighted by atomic mass is 10.2. The first-order chi connectivity index (χ1) is 8.02. The van der Waals surface area contributed by atoms with E-state index >= 15 is 0 Å². The Kier molecular flexibility index (Phi) is 4.68. The highest BCUT2D eigenvalue weighted by Crippen LogP contribution is 2.14. The molecule has 0 aliphatic heterocycles. The molecule has 1 aromatic rings. The second-order valence-corrected chi connectivity index (χ2v) is 3.85. The highest BCUT2D eigenvalue weighted by molar-refractivity contribution is 5.74. The van der Waals surface area contributed by atoms with E-state index in [1.807, 2.05) is 13.8 Å². The molecule has 0 bridgehead atoms. The van der Waals surface area contributed by atoms with Gasteiger partial charge in [-0.3, -0.25) is 4.79 Å². The smallest absolute Gasteiger partial charge is 0.325 e. The summed E-state index contributed by atoms with van der Waals surface area (Å²) >= 11 is 0. The van der Waals surface area contributed by atoms with Gasteiger partial charge in [-0.15, -0.1) is 0 Å². The maximum atomic E-state index is 11.2. The molecule has 0 aliphatic carbocycles. The molecule has 0 spiro atoms. The second-order valence-electron chi connectivity index (χ2n) is 3.85. The van der Waals surface area contributed by atoms with Crippen molar-refractivity contribution < 1.29 is 9.53 Å². The Morgan fingerprint density at radius 1 is 1.53 bits per heavy atom. The monoisotopic (exact) mass is 238 g/mol. The zero-order chi connectivity index (χ0) is 12.8. The molecule has 17 heavy (non-hydrogen) atoms. The van der Waals surface area contributed by atoms with Gasteiger partial charge in [0, 0.05) is 12.0 Å². The lowest BCUT2D eigenvalue weighted by Gasteiger charge is -2.09. The van der Waals surface area contributed by atoms with Crippen LogP contribution in [0.1, 0.15) is 32.5 Å². The van der Waals surface area contributed by atoms with Crippen LogP contribution < -0.4 is 11.1 Å². The summed E-state index contributed by atoms with van der Waals surface area (Å²) < 4.78 is 4.80. The van der Waals surface area contributed by atoms with Gasteiger partial charge in [0.05, 0.1) is 6.61 Å². The van der Waals surface area contributed by atoms with Crippen LogP contribution in [0.15, 0.2) is 6.07 Å². The Balaban J connectivity index is 2.68. The molecule has 1 heterocycles. The summed E-state index contributed by atoms with van der Waals surface area (Å²) in [5, 5.41) is 2.86. The molecule has 6 heteroatoms. The predicted molar refractivity (Wildman–Crippen MR) is 65.7 cm³/mol. The minimum Gasteiger partial charge on any atom is -0.465 e. The molecule has 6 nitrogen and oxygen atoms in total. The van der Waals surface area contributed by atoms with Crippen molar-refractivity contribution in [2.75, 3.05) is 24.2 Å². The van der Waals surface area contributed by atoms with Gasteiger partial charge in [-0.2, -0.15) is 0 Å². The molecule has 0 aliphatic rings. The van der Waals surface area contributed by atoms with Gasteiger partial charge in [0.15, 0.2) is 0 Å². The Labute approximate surface area is 101 Å². The number of nitrogens with zero attached hydrogens (tertiary/aromatic N) is 2. The van der Waals surface area contributed by atoms with Crippen LogP contribution in [0.5, 0.6) is 0 Å². The minimum atomic E-state index is -0.323. The van der Waals surface area contributed by atoms with E-state index in [2.05, 4.69) is 15.3 Å². The number of nitrogen functional groups attached to an aromatic ring is 1. The summed E-state index contributed by atoms with van der Waals surface area (Å²) in [6.07, 6.45) is 0. The molecule has 1 rings (SSSR count). The maximum absolute atomic E-state index is 11.2. The third kappa shape index (κ3) is 4.26. The summed E-state index contributed by atoms with van der Waals surface area (Å²) in [7, 11) is 0. The maximum Gasteiger partial charge on any atom is 0.325 e. The number of nitrogens with one attached hydrogen (secondary N) is 1. The normalized spacial score (nSPS) is 10.4. The number of nitrogens with two attached hydrogens (primary N) is 1. The minimum absolute atomic E-state index is 0.0713. The molecule has 3 N–H and O–H groups in total. The first-order valence-electron chi connectivity index (χ1n) is 5.56. The van der Waals surface area contributed by atoms with Crippen LogP contribution in [0.3, 0.4) is 0 Å². The van der Waals surface area contributed by atoms with E-state index in [1.54, 1.807) is 13.0 Å². The number of carbonyl (C=O) groups is 1. The van der Waals surface area contributed by atoms with Gasteiger partial charge in [0.25, 0.3) is 0 Å². The van der Waals surface area contributed by atoms with Crippen molar-refractivity contribution in [3.8, 4) is 0 Å². The van der Waals surface area contributed by atoms with Crippen molar-refractivity contribution in [2.45, 2.75) is 26.7 Å². The van der Waals surface area contributed by atoms with Gasteiger partial charge in [0.1, 0.15) is 24.0 Å². The van der Waals surface area contributed by atoms with Crippen LogP contribution in [0.25, 0.3) is 0 Å². The molecule has 0 radical (unpaired) electrons. The third-order valence-electron chi connectivity index (χ3n) is 2.00. The number of esters is 1. The molecule has 0 atom stereocenters. The number of hydrogen-bond acceptors (Lipinski definition) is 6. The van der Waals surface area contributed by atoms with Crippen molar-refractivity contribution >= 4 is 17.6 Å². The number of hydrogen-bond donors (Lipinski definition) is 2. The number of anilines is 2. The summed E-state index contributed by atoms with van der Waals surface area (Å²) in [4.78, 5) is 19.5. The van der Waals surface area contributed by atoms with Crippen LogP contribution in [-0.4, -0.2) is 29.1 Å². The van der Waals surface area contributed by atoms with Crippen LogP contribution >= 0.6 is 0 Å². The highest BCUT2D eigenvalue weighted by atomic mass is 16.5. The van der Waals surface area contributed by atoms with Gasteiger partial charge < -0.3 is 15.8 Å². The Bertz CT molecular complexity index is 393. The zero-order valence-corrected chi connectivity index (χ0v) is 10.4. The number of ether oxygens (including phenoxy) is 1. The number of rotatable bonds is 5. The van der Waals surface area contributed by atoms with Crippen molar-refractivity contribution in [3.63, 3.8) is 0 Å². The average molecular weight is 238 g/mol. The number of carbonyl (C=O) groups excluding carboxylic acids is 1. The molecule has 1 aromatic heterocycles. The topological polar surface area (TPSA) is 90.1 Å². The fraction of sp³-hybridized carbons (Fsp3) is 0.545. The average Bonchev–Trinajstić information content (AvgIpc) is 2.26. The van der Waals surface area contributed by atoms with Crippen molar-refractivity contribution in [2.24, 2.45) is 0 Å². The van der Waals surface area contributed by atoms with E-state index in [-0.39, 0.29) is 18.4 Å². The SMILES string of the molecule is CCOC(=O)CNc1cc(N)nc(C(C)C)n1. The summed E-state index contributed by atoms with van der Waals surface area (Å²) in [6, 6.07) is 1.59. The summed E-state index contributed by atoms with van der Waals surface area (Å²) in [6.45, 7) is 6.15. The zero-order valence-electron chi connectivity index (χ0n) is 10.4. The molecular weight excluding hydrogens is 220 g/mol. The van der Waals surface area contributed by atoms with Crippen molar-refractivity contribution in [3.05, 3.63) is 11.9 Å². The van der Waals surface area contributed by atoms with Gasteiger partial charge >= 0.3 is 5.97 Å². The molecule has 0 amide bonds. The Hall–Kier alpha value is -1.85. The second kappa shape index (κ2) is 6.03. The molecule has 0 unspecified atom stereocenters. The predicted octanol–water partition coefficient (Wildman–Crippen LogP) is 1.16. The fourth-order valence-corrected chi connectivity index (χ4v) is 1.21. The van der Waals surface area contributed by atoms with Gasteiger partial charge in [-0.25, -0.2) is 9.97 Å². The van der Waals surface area contributed by atoms with E-state index < -0.39 is 0 Å². The van der Waals surface area contributed by atoms with E-state index in [1.165, 1.54) is 0 Å². The highest BCUT2D eigenvalue weighted by Gasteiger charge is 2.07.